The first-order valence-corrected chi connectivity index (χ1v) is 31.8. The summed E-state index contributed by atoms with van der Waals surface area (Å²) in [7, 11) is 0. The van der Waals surface area contributed by atoms with Crippen LogP contribution in [0.2, 0.25) is 0 Å². The monoisotopic (exact) mass is 1340 g/mol. The largest absolute Gasteiger partial charge is 0.480 e. The maximum atomic E-state index is 14.3. The second-order valence-corrected chi connectivity index (χ2v) is 26.6. The molecular formula is C68H89N7O21. The molecule has 28 heteroatoms. The molecule has 2 aromatic carbocycles. The molecule has 0 unspecified atom stereocenters. The number of hydrogen-bond donors (Lipinski definition) is 11. The Labute approximate surface area is 555 Å². The fourth-order valence-corrected chi connectivity index (χ4v) is 13.3. The topological polar surface area (TPSA) is 442 Å². The normalized spacial score (nSPS) is 24.7. The summed E-state index contributed by atoms with van der Waals surface area (Å²) in [5.41, 5.74) is 0.912. The molecule has 2 bridgehead atoms. The lowest BCUT2D eigenvalue weighted by Crippen LogP contribution is -2.78. The molecule has 2 heterocycles. The zero-order chi connectivity index (χ0) is 71.3. The zero-order valence-corrected chi connectivity index (χ0v) is 55.3. The number of esters is 2. The minimum atomic E-state index is -1.86. The average molecular weight is 1340 g/mol. The van der Waals surface area contributed by atoms with Crippen LogP contribution in [0.1, 0.15) is 165 Å². The fourth-order valence-electron chi connectivity index (χ4n) is 13.3. The highest BCUT2D eigenvalue weighted by atomic mass is 16.6. The number of nitrogens with zero attached hydrogens (tertiary/aromatic N) is 1. The number of allylic oxidation sites excluding steroid dienone is 1. The van der Waals surface area contributed by atoms with Crippen LogP contribution in [0.4, 0.5) is 4.79 Å². The number of aliphatic carboxylic acids is 2. The van der Waals surface area contributed by atoms with E-state index in [1.807, 2.05) is 6.92 Å². The number of nitrogens with one attached hydrogen (secondary N) is 5. The molecule has 3 aliphatic carbocycles. The number of fused-ring (bicyclic) bond motifs is 5. The quantitative estimate of drug-likeness (QED) is 0.0225. The molecule has 7 rings (SSSR count). The van der Waals surface area contributed by atoms with Crippen LogP contribution in [0.25, 0.3) is 0 Å². The van der Waals surface area contributed by atoms with Crippen LogP contribution in [0.5, 0.6) is 0 Å². The maximum absolute atomic E-state index is 14.3. The minimum Gasteiger partial charge on any atom is -0.480 e. The van der Waals surface area contributed by atoms with Gasteiger partial charge in [0.15, 0.2) is 5.78 Å². The molecule has 2 saturated carbocycles. The van der Waals surface area contributed by atoms with Gasteiger partial charge in [-0.2, -0.15) is 0 Å². The Morgan fingerprint density at radius 3 is 2.01 bits per heavy atom. The Balaban J connectivity index is 0.000000329. The lowest BCUT2D eigenvalue weighted by molar-refractivity contribution is -0.317. The summed E-state index contributed by atoms with van der Waals surface area (Å²) in [6.45, 7) is 14.8. The van der Waals surface area contributed by atoms with Crippen molar-refractivity contribution >= 4 is 71.1 Å². The maximum Gasteiger partial charge on any atom is 0.408 e. The number of ketones is 2. The second kappa shape index (κ2) is 32.2. The lowest BCUT2D eigenvalue weighted by atomic mass is 9.41. The number of hydrogen-bond acceptors (Lipinski definition) is 20. The number of amides is 6. The van der Waals surface area contributed by atoms with Crippen molar-refractivity contribution in [1.29, 1.82) is 0 Å². The summed E-state index contributed by atoms with van der Waals surface area (Å²) in [5.74, 6) is -9.90. The number of unbranched alkanes of at least 4 members (excludes halogenated alkanes) is 1. The van der Waals surface area contributed by atoms with Crippen molar-refractivity contribution in [3.63, 3.8) is 0 Å². The van der Waals surface area contributed by atoms with E-state index in [9.17, 15) is 83.1 Å². The van der Waals surface area contributed by atoms with Gasteiger partial charge in [0.2, 0.25) is 29.7 Å². The van der Waals surface area contributed by atoms with E-state index in [4.69, 9.17) is 24.7 Å². The number of ether oxygens (including phenoxy) is 4. The number of carbonyl (C=O) groups is 12. The molecule has 0 radical (unpaired) electrons. The Bertz CT molecular complexity index is 3400. The van der Waals surface area contributed by atoms with Crippen LogP contribution < -0.4 is 32.3 Å². The molecule has 1 saturated heterocycles. The molecule has 13 atom stereocenters. The summed E-state index contributed by atoms with van der Waals surface area (Å²) < 4.78 is 22.6. The molecule has 96 heavy (non-hydrogen) atoms. The molecule has 28 nitrogen and oxygen atoms in total. The Kier molecular flexibility index (Phi) is 25.5. The van der Waals surface area contributed by atoms with Crippen LogP contribution in [0.15, 0.2) is 96.2 Å². The number of carboxylic acids is 2. The van der Waals surface area contributed by atoms with Gasteiger partial charge in [-0.3, -0.25) is 38.5 Å². The highest BCUT2D eigenvalue weighted by Gasteiger charge is 2.75. The van der Waals surface area contributed by atoms with E-state index in [0.29, 0.717) is 17.6 Å². The van der Waals surface area contributed by atoms with Crippen molar-refractivity contribution in [2.45, 2.75) is 199 Å². The molecule has 12 N–H and O–H groups in total. The van der Waals surface area contributed by atoms with Gasteiger partial charge in [-0.1, -0.05) is 74.0 Å². The van der Waals surface area contributed by atoms with Crippen molar-refractivity contribution in [3.05, 3.63) is 113 Å². The molecule has 1 aromatic heterocycles. The molecular weight excluding hydrogens is 1250 g/mol. The number of aliphatic hydroxyl groups excluding tert-OH is 2. The van der Waals surface area contributed by atoms with Crippen LogP contribution in [-0.2, 0) is 62.1 Å². The van der Waals surface area contributed by atoms with Gasteiger partial charge in [0.25, 0.3) is 5.91 Å². The van der Waals surface area contributed by atoms with E-state index in [0.717, 1.165) is 5.57 Å². The number of primary amides is 1. The van der Waals surface area contributed by atoms with Gasteiger partial charge in [0.1, 0.15) is 59.1 Å². The first-order chi connectivity index (χ1) is 45.0. The van der Waals surface area contributed by atoms with Gasteiger partial charge in [0.05, 0.1) is 36.2 Å². The van der Waals surface area contributed by atoms with Gasteiger partial charge < -0.3 is 81.6 Å². The van der Waals surface area contributed by atoms with Gasteiger partial charge in [-0.25, -0.2) is 19.2 Å². The first kappa shape index (κ1) is 76.0. The summed E-state index contributed by atoms with van der Waals surface area (Å²) in [4.78, 5) is 155. The first-order valence-electron chi connectivity index (χ1n) is 31.8. The number of Topliss-reactive ketones (excluding diaryl/α,β-unsaturated/α-hetero) is 2. The number of nitrogens with two attached hydrogens (primary N) is 1. The third kappa shape index (κ3) is 18.1. The number of rotatable bonds is 27. The van der Waals surface area contributed by atoms with Gasteiger partial charge >= 0.3 is 30.0 Å². The summed E-state index contributed by atoms with van der Waals surface area (Å²) >= 11 is 0. The highest BCUT2D eigenvalue weighted by molar-refractivity contribution is 5.97. The van der Waals surface area contributed by atoms with Crippen LogP contribution in [-0.4, -0.2) is 175 Å². The molecule has 6 amide bonds. The number of carboxylic acid groups (broad SMARTS) is 2. The van der Waals surface area contributed by atoms with Crippen LogP contribution >= 0.6 is 0 Å². The van der Waals surface area contributed by atoms with Crippen LogP contribution in [0.3, 0.4) is 0 Å². The molecule has 4 aliphatic rings. The van der Waals surface area contributed by atoms with Gasteiger partial charge in [-0.05, 0) is 122 Å². The van der Waals surface area contributed by atoms with E-state index in [2.05, 4.69) is 31.6 Å². The molecule has 0 spiro atoms. The smallest absolute Gasteiger partial charge is 0.408 e. The number of benzene rings is 2. The number of aliphatic hydroxyl groups is 3. The third-order valence-electron chi connectivity index (χ3n) is 18.4. The predicted octanol–water partition coefficient (Wildman–Crippen LogP) is 3.62. The van der Waals surface area contributed by atoms with Gasteiger partial charge in [0, 0.05) is 55.2 Å². The van der Waals surface area contributed by atoms with Crippen molar-refractivity contribution in [1.82, 2.24) is 31.6 Å². The number of alkyl carbamates (subject to hydrolysis) is 1. The average Bonchev–Trinajstić information content (AvgIpc) is 0.673. The highest BCUT2D eigenvalue weighted by Crippen LogP contribution is 2.66. The fraction of sp³-hybridized carbons (Fsp3) is 0.544. The lowest BCUT2D eigenvalue weighted by Gasteiger charge is -2.68. The summed E-state index contributed by atoms with van der Waals surface area (Å²) in [5, 5.41) is 67.4. The van der Waals surface area contributed by atoms with E-state index in [1.54, 1.807) is 102 Å². The number of aromatic nitrogens is 1. The predicted molar refractivity (Wildman–Crippen MR) is 340 cm³/mol. The van der Waals surface area contributed by atoms with E-state index >= 15 is 0 Å². The van der Waals surface area contributed by atoms with E-state index in [1.165, 1.54) is 38.2 Å². The zero-order valence-electron chi connectivity index (χ0n) is 55.3. The Morgan fingerprint density at radius 2 is 1.44 bits per heavy atom. The Hall–Kier alpha value is -8.99. The standard InChI is InChI=1S/C38H51N7O13.C30H38O8/c1-22(42-34(51)25-14-8-10-20-40-25)33(50)44-24(32(39)49)16-17-28(47)43-26(35(52)53)15-9-11-21-41-27(46)18-19-29(48)57-31(36(54)55)30(23-12-6-5-7-13-23)45-37(56)58-38(2,3)4;1-16-11-12-30(36)25(38-26(35)18-9-7-6-8-10-18)23-28(5,24(34)22(33)21(16)27(30,3)4)19(32)13-20-29(23,15-37-20)14-17(2)31/h5-8,10,12-14,20,22,24,26,30-31H,9,11,15-19,21H2,1-4H3,(H2,39,49)(H,41,46)(H,42,51)(H,43,47)(H,44,50)(H,45,56)(H,52,53)(H,54,55);6-10,19-20,22-23,25,32-33,36H,11-15H2,1-5H3/t22-,24+,26-,30-,31+;19-,20+,22+,23-,25-,28+,29+,30+/m00/s1. The molecule has 1 aliphatic heterocycles. The van der Waals surface area contributed by atoms with Gasteiger partial charge in [-0.15, -0.1) is 0 Å². The summed E-state index contributed by atoms with van der Waals surface area (Å²) in [6.07, 6.45) is -6.26. The number of pyridine rings is 1. The van der Waals surface area contributed by atoms with Crippen molar-refractivity contribution in [2.75, 3.05) is 13.2 Å². The molecule has 3 fully saturated rings. The molecule has 3 aromatic rings. The van der Waals surface area contributed by atoms with Crippen molar-refractivity contribution in [3.8, 4) is 0 Å². The second-order valence-electron chi connectivity index (χ2n) is 26.6. The SMILES string of the molecule is CC(=O)C[C@@]12CO[C@@H]1C[C@H](O)[C@@]1(C)C(=O)[C@H](O)C3=C(C)CC[C@@](O)([C@@H](OC(=O)c4ccccc4)[C@H]21)C3(C)C.C[C@H](NC(=O)c1ccccn1)C(=O)N[C@H](CCC(=O)N[C@@H](CCCCNC(=O)CCC(=O)O[C@@H](C(=O)O)[C@@H](NC(=O)OC(C)(C)C)c1ccccc1)C(=O)O)C(N)=O. The third-order valence-corrected chi connectivity index (χ3v) is 18.4. The van der Waals surface area contributed by atoms with E-state index < -0.39 is 160 Å². The minimum absolute atomic E-state index is 0.0246. The van der Waals surface area contributed by atoms with Crippen LogP contribution in [0, 0.1) is 22.2 Å². The molecule has 522 valence electrons. The van der Waals surface area contributed by atoms with E-state index in [-0.39, 0.29) is 88.0 Å². The Morgan fingerprint density at radius 1 is 0.792 bits per heavy atom. The van der Waals surface area contributed by atoms with Crippen molar-refractivity contribution in [2.24, 2.45) is 27.9 Å². The van der Waals surface area contributed by atoms with Crippen molar-refractivity contribution < 1.29 is 102 Å². The summed E-state index contributed by atoms with van der Waals surface area (Å²) in [6, 6.07) is 16.0. The number of carbonyl (C=O) groups excluding carboxylic acids is 10.